The molecule has 2 aromatic rings. The maximum absolute atomic E-state index is 12.7. The van der Waals surface area contributed by atoms with Gasteiger partial charge in [0, 0.05) is 17.0 Å². The van der Waals surface area contributed by atoms with Gasteiger partial charge in [0.05, 0.1) is 12.7 Å². The lowest BCUT2D eigenvalue weighted by Crippen LogP contribution is -2.19. The van der Waals surface area contributed by atoms with E-state index in [0.29, 0.717) is 21.1 Å². The van der Waals surface area contributed by atoms with Crippen molar-refractivity contribution in [2.45, 2.75) is 52.5 Å². The molecule has 0 aliphatic heterocycles. The van der Waals surface area contributed by atoms with Crippen molar-refractivity contribution in [2.24, 2.45) is 4.99 Å². The molecule has 1 aromatic heterocycles. The van der Waals surface area contributed by atoms with Crippen molar-refractivity contribution in [3.63, 3.8) is 0 Å². The Morgan fingerprint density at radius 1 is 1.40 bits per heavy atom. The predicted octanol–water partition coefficient (Wildman–Crippen LogP) is 4.45. The number of rotatable bonds is 5. The van der Waals surface area contributed by atoms with Crippen LogP contribution in [0.15, 0.2) is 23.2 Å². The standard InChI is InChI=1S/C18H24ClN3O2S/c1-6-7-10-22-17(25-16(21-22)18(2,3)4)20-15(23)13-11-12(19)8-9-14(13)24-5/h8-9,11H,6-7,10H2,1-5H3. The molecule has 0 saturated heterocycles. The van der Waals surface area contributed by atoms with Gasteiger partial charge in [-0.15, -0.1) is 0 Å². The summed E-state index contributed by atoms with van der Waals surface area (Å²) in [7, 11) is 1.52. The molecule has 0 saturated carbocycles. The van der Waals surface area contributed by atoms with Gasteiger partial charge < -0.3 is 4.74 Å². The molecule has 0 bridgehead atoms. The van der Waals surface area contributed by atoms with Gasteiger partial charge in [0.15, 0.2) is 0 Å². The number of unbranched alkanes of at least 4 members (excludes halogenated alkanes) is 1. The minimum atomic E-state index is -0.381. The van der Waals surface area contributed by atoms with Crippen LogP contribution in [0.5, 0.6) is 5.75 Å². The van der Waals surface area contributed by atoms with Gasteiger partial charge in [0.25, 0.3) is 5.91 Å². The first-order valence-electron chi connectivity index (χ1n) is 8.27. The molecule has 0 aliphatic rings. The first-order chi connectivity index (χ1) is 11.8. The van der Waals surface area contributed by atoms with Gasteiger partial charge in [-0.25, -0.2) is 4.68 Å². The van der Waals surface area contributed by atoms with Crippen LogP contribution < -0.4 is 9.54 Å². The van der Waals surface area contributed by atoms with E-state index in [1.54, 1.807) is 18.2 Å². The molecule has 2 rings (SSSR count). The Labute approximate surface area is 157 Å². The number of hydrogen-bond donors (Lipinski definition) is 0. The number of carbonyl (C=O) groups excluding carboxylic acids is 1. The Bertz CT molecular complexity index is 818. The molecule has 7 heteroatoms. The van der Waals surface area contributed by atoms with E-state index >= 15 is 0 Å². The SMILES string of the molecule is CCCCn1nc(C(C)(C)C)sc1=NC(=O)c1cc(Cl)ccc1OC. The minimum absolute atomic E-state index is 0.0941. The van der Waals surface area contributed by atoms with E-state index in [2.05, 4.69) is 37.8 Å². The van der Waals surface area contributed by atoms with Gasteiger partial charge in [0.1, 0.15) is 10.8 Å². The Morgan fingerprint density at radius 3 is 2.72 bits per heavy atom. The van der Waals surface area contributed by atoms with Gasteiger partial charge >= 0.3 is 0 Å². The average molecular weight is 382 g/mol. The highest BCUT2D eigenvalue weighted by atomic mass is 35.5. The molecule has 0 aliphatic carbocycles. The van der Waals surface area contributed by atoms with Gasteiger partial charge in [-0.3, -0.25) is 4.79 Å². The summed E-state index contributed by atoms with van der Waals surface area (Å²) in [4.78, 5) is 17.6. The second-order valence-corrected chi connectivity index (χ2v) is 8.17. The van der Waals surface area contributed by atoms with Crippen molar-refractivity contribution in [3.8, 4) is 5.75 Å². The number of aromatic nitrogens is 2. The van der Waals surface area contributed by atoms with Crippen molar-refractivity contribution in [1.82, 2.24) is 9.78 Å². The lowest BCUT2D eigenvalue weighted by molar-refractivity contribution is 0.0994. The average Bonchev–Trinajstić information content (AvgIpc) is 2.95. The molecule has 1 heterocycles. The normalized spacial score (nSPS) is 12.5. The summed E-state index contributed by atoms with van der Waals surface area (Å²) in [6.07, 6.45) is 2.03. The van der Waals surface area contributed by atoms with E-state index in [4.69, 9.17) is 16.3 Å². The number of carbonyl (C=O) groups is 1. The Kier molecular flexibility index (Phi) is 6.41. The summed E-state index contributed by atoms with van der Waals surface area (Å²) in [5.41, 5.74) is 0.256. The Hall–Kier alpha value is -1.66. The van der Waals surface area contributed by atoms with E-state index in [1.165, 1.54) is 18.4 Å². The monoisotopic (exact) mass is 381 g/mol. The number of aryl methyl sites for hydroxylation is 1. The molecule has 5 nitrogen and oxygen atoms in total. The zero-order chi connectivity index (χ0) is 18.6. The third-order valence-corrected chi connectivity index (χ3v) is 5.18. The number of nitrogens with zero attached hydrogens (tertiary/aromatic N) is 3. The molecule has 0 spiro atoms. The summed E-state index contributed by atoms with van der Waals surface area (Å²) in [5, 5.41) is 6.08. The number of amides is 1. The van der Waals surface area contributed by atoms with E-state index in [1.807, 2.05) is 4.68 Å². The predicted molar refractivity (Wildman–Crippen MR) is 102 cm³/mol. The maximum Gasteiger partial charge on any atom is 0.283 e. The molecule has 1 aromatic carbocycles. The third-order valence-electron chi connectivity index (χ3n) is 3.57. The number of ether oxygens (including phenoxy) is 1. The molecule has 0 radical (unpaired) electrons. The highest BCUT2D eigenvalue weighted by Gasteiger charge is 2.20. The Morgan fingerprint density at radius 2 is 2.12 bits per heavy atom. The lowest BCUT2D eigenvalue weighted by atomic mass is 9.98. The second-order valence-electron chi connectivity index (χ2n) is 6.78. The zero-order valence-corrected chi connectivity index (χ0v) is 16.9. The first-order valence-corrected chi connectivity index (χ1v) is 9.46. The molecule has 1 amide bonds. The van der Waals surface area contributed by atoms with Crippen molar-refractivity contribution in [3.05, 3.63) is 38.6 Å². The summed E-state index contributed by atoms with van der Waals surface area (Å²) in [6, 6.07) is 4.93. The third kappa shape index (κ3) is 4.92. The summed E-state index contributed by atoms with van der Waals surface area (Å²) in [5.74, 6) is 0.0764. The quantitative estimate of drug-likeness (QED) is 0.768. The minimum Gasteiger partial charge on any atom is -0.496 e. The fourth-order valence-electron chi connectivity index (χ4n) is 2.14. The van der Waals surface area contributed by atoms with E-state index < -0.39 is 0 Å². The molecule has 0 atom stereocenters. The summed E-state index contributed by atoms with van der Waals surface area (Å²) < 4.78 is 7.08. The fourth-order valence-corrected chi connectivity index (χ4v) is 3.30. The lowest BCUT2D eigenvalue weighted by Gasteiger charge is -2.12. The van der Waals surface area contributed by atoms with Crippen molar-refractivity contribution in [1.29, 1.82) is 0 Å². The van der Waals surface area contributed by atoms with E-state index in [-0.39, 0.29) is 11.3 Å². The number of methoxy groups -OCH3 is 1. The van der Waals surface area contributed by atoms with Gasteiger partial charge in [-0.2, -0.15) is 10.1 Å². The number of hydrogen-bond acceptors (Lipinski definition) is 4. The van der Waals surface area contributed by atoms with Crippen LogP contribution in [-0.4, -0.2) is 22.8 Å². The molecule has 25 heavy (non-hydrogen) atoms. The second kappa shape index (κ2) is 8.15. The van der Waals surface area contributed by atoms with Crippen molar-refractivity contribution < 1.29 is 9.53 Å². The van der Waals surface area contributed by atoms with Crippen LogP contribution in [0.2, 0.25) is 5.02 Å². The van der Waals surface area contributed by atoms with E-state index in [9.17, 15) is 4.79 Å². The smallest absolute Gasteiger partial charge is 0.283 e. The maximum atomic E-state index is 12.7. The molecule has 0 fully saturated rings. The van der Waals surface area contributed by atoms with Crippen LogP contribution in [0.1, 0.15) is 55.9 Å². The van der Waals surface area contributed by atoms with Crippen molar-refractivity contribution >= 4 is 28.8 Å². The largest absolute Gasteiger partial charge is 0.496 e. The van der Waals surface area contributed by atoms with Crippen LogP contribution in [0, 0.1) is 0 Å². The van der Waals surface area contributed by atoms with Crippen molar-refractivity contribution in [2.75, 3.05) is 7.11 Å². The van der Waals surface area contributed by atoms with Crippen LogP contribution in [0.3, 0.4) is 0 Å². The molecule has 136 valence electrons. The number of halogens is 1. The Balaban J connectivity index is 2.50. The van der Waals surface area contributed by atoms with Crippen LogP contribution in [-0.2, 0) is 12.0 Å². The molecule has 0 N–H and O–H groups in total. The van der Waals surface area contributed by atoms with Gasteiger partial charge in [-0.05, 0) is 24.6 Å². The van der Waals surface area contributed by atoms with Crippen LogP contribution in [0.4, 0.5) is 0 Å². The highest BCUT2D eigenvalue weighted by molar-refractivity contribution is 7.09. The summed E-state index contributed by atoms with van der Waals surface area (Å²) >= 11 is 7.47. The highest BCUT2D eigenvalue weighted by Crippen LogP contribution is 2.24. The molecular formula is C18H24ClN3O2S. The van der Waals surface area contributed by atoms with Crippen LogP contribution in [0.25, 0.3) is 0 Å². The molecule has 0 unspecified atom stereocenters. The fraction of sp³-hybridized carbons (Fsp3) is 0.500. The zero-order valence-electron chi connectivity index (χ0n) is 15.3. The topological polar surface area (TPSA) is 56.5 Å². The summed E-state index contributed by atoms with van der Waals surface area (Å²) in [6.45, 7) is 9.16. The van der Waals surface area contributed by atoms with Crippen LogP contribution >= 0.6 is 22.9 Å². The van der Waals surface area contributed by atoms with E-state index in [0.717, 1.165) is 24.4 Å². The molecular weight excluding hydrogens is 358 g/mol. The first kappa shape index (κ1) is 19.7. The van der Waals surface area contributed by atoms with Gasteiger partial charge in [0.2, 0.25) is 4.80 Å². The number of benzene rings is 1. The van der Waals surface area contributed by atoms with Gasteiger partial charge in [-0.1, -0.05) is 57.1 Å².